The molecule has 8 heteroatoms. The highest BCUT2D eigenvalue weighted by atomic mass is 35.5. The van der Waals surface area contributed by atoms with E-state index in [4.69, 9.17) is 21.1 Å². The molecule has 0 radical (unpaired) electrons. The average molecular weight is 370 g/mol. The van der Waals surface area contributed by atoms with Gasteiger partial charge < -0.3 is 14.8 Å². The molecule has 2 aromatic rings. The van der Waals surface area contributed by atoms with E-state index in [0.717, 1.165) is 17.7 Å². The van der Waals surface area contributed by atoms with Crippen LogP contribution in [0.3, 0.4) is 0 Å². The predicted molar refractivity (Wildman–Crippen MR) is 87.6 cm³/mol. The number of anilines is 1. The molecule has 0 aliphatic heterocycles. The van der Waals surface area contributed by atoms with Gasteiger partial charge in [0.2, 0.25) is 0 Å². The van der Waals surface area contributed by atoms with Gasteiger partial charge in [-0.1, -0.05) is 11.6 Å². The van der Waals surface area contributed by atoms with Gasteiger partial charge in [0.15, 0.2) is 13.2 Å². The second-order valence-corrected chi connectivity index (χ2v) is 5.47. The highest BCUT2D eigenvalue weighted by molar-refractivity contribution is 6.31. The van der Waals surface area contributed by atoms with E-state index < -0.39 is 36.7 Å². The van der Waals surface area contributed by atoms with Crippen molar-refractivity contribution in [3.63, 3.8) is 0 Å². The van der Waals surface area contributed by atoms with E-state index in [2.05, 4.69) is 5.32 Å². The first kappa shape index (κ1) is 18.7. The number of hydrogen-bond donors (Lipinski definition) is 1. The van der Waals surface area contributed by atoms with Crippen LogP contribution in [-0.2, 0) is 14.3 Å². The minimum atomic E-state index is -0.834. The van der Waals surface area contributed by atoms with E-state index in [0.29, 0.717) is 16.8 Å². The smallest absolute Gasteiger partial charge is 0.344 e. The zero-order valence-corrected chi connectivity index (χ0v) is 13.9. The lowest BCUT2D eigenvalue weighted by Crippen LogP contribution is -2.23. The van der Waals surface area contributed by atoms with Crippen molar-refractivity contribution < 1.29 is 27.8 Å². The molecule has 1 amide bonds. The third-order valence-corrected chi connectivity index (χ3v) is 3.42. The van der Waals surface area contributed by atoms with Crippen LogP contribution in [-0.4, -0.2) is 25.1 Å². The predicted octanol–water partition coefficient (Wildman–Crippen LogP) is 3.49. The summed E-state index contributed by atoms with van der Waals surface area (Å²) in [6, 6.07) is 7.42. The van der Waals surface area contributed by atoms with Gasteiger partial charge in [0.05, 0.1) is 0 Å². The summed E-state index contributed by atoms with van der Waals surface area (Å²) in [7, 11) is 0. The standard InChI is InChI=1S/C17H14ClF2NO4/c1-10-4-14(2-3-15(10)18)24-9-17(23)25-8-16(22)21-13-6-11(19)5-12(20)7-13/h2-7H,8-9H2,1H3,(H,21,22). The van der Waals surface area contributed by atoms with Crippen LogP contribution in [0.2, 0.25) is 5.02 Å². The van der Waals surface area contributed by atoms with Gasteiger partial charge in [0.1, 0.15) is 17.4 Å². The van der Waals surface area contributed by atoms with Crippen molar-refractivity contribution >= 4 is 29.2 Å². The molecule has 0 saturated heterocycles. The van der Waals surface area contributed by atoms with E-state index in [1.165, 1.54) is 0 Å². The van der Waals surface area contributed by atoms with Crippen molar-refractivity contribution in [2.45, 2.75) is 6.92 Å². The number of amides is 1. The van der Waals surface area contributed by atoms with Crippen LogP contribution in [0.25, 0.3) is 0 Å². The number of ether oxygens (including phenoxy) is 2. The molecule has 0 bridgehead atoms. The first-order valence-electron chi connectivity index (χ1n) is 7.14. The molecule has 0 unspecified atom stereocenters. The van der Waals surface area contributed by atoms with Gasteiger partial charge in [0.25, 0.3) is 5.91 Å². The molecule has 2 rings (SSSR count). The SMILES string of the molecule is Cc1cc(OCC(=O)OCC(=O)Nc2cc(F)cc(F)c2)ccc1Cl. The van der Waals surface area contributed by atoms with Crippen LogP contribution < -0.4 is 10.1 Å². The monoisotopic (exact) mass is 369 g/mol. The van der Waals surface area contributed by atoms with E-state index in [9.17, 15) is 18.4 Å². The first-order chi connectivity index (χ1) is 11.8. The lowest BCUT2D eigenvalue weighted by atomic mass is 10.2. The summed E-state index contributed by atoms with van der Waals surface area (Å²) in [6.45, 7) is 0.774. The number of halogens is 3. The Labute approximate surface area is 147 Å². The fourth-order valence-electron chi connectivity index (χ4n) is 1.86. The highest BCUT2D eigenvalue weighted by Gasteiger charge is 2.10. The van der Waals surface area contributed by atoms with Gasteiger partial charge in [-0.15, -0.1) is 0 Å². The normalized spacial score (nSPS) is 10.2. The van der Waals surface area contributed by atoms with E-state index in [1.807, 2.05) is 0 Å². The molecular weight excluding hydrogens is 356 g/mol. The molecule has 0 aliphatic carbocycles. The summed E-state index contributed by atoms with van der Waals surface area (Å²) in [5, 5.41) is 2.78. The second-order valence-electron chi connectivity index (χ2n) is 5.07. The van der Waals surface area contributed by atoms with Crippen molar-refractivity contribution in [2.24, 2.45) is 0 Å². The van der Waals surface area contributed by atoms with Crippen molar-refractivity contribution in [1.82, 2.24) is 0 Å². The molecule has 5 nitrogen and oxygen atoms in total. The number of carbonyl (C=O) groups is 2. The van der Waals surface area contributed by atoms with E-state index >= 15 is 0 Å². The Bertz CT molecular complexity index is 778. The number of aryl methyl sites for hydroxylation is 1. The maximum absolute atomic E-state index is 13.0. The van der Waals surface area contributed by atoms with Crippen LogP contribution in [0.5, 0.6) is 5.75 Å². The Morgan fingerprint density at radius 1 is 1.08 bits per heavy atom. The molecule has 0 aliphatic rings. The second kappa shape index (κ2) is 8.43. The Hall–Kier alpha value is -2.67. The number of nitrogens with one attached hydrogen (secondary N) is 1. The van der Waals surface area contributed by atoms with Gasteiger partial charge in [0, 0.05) is 16.8 Å². The minimum Gasteiger partial charge on any atom is -0.482 e. The molecule has 1 N–H and O–H groups in total. The Morgan fingerprint density at radius 3 is 2.40 bits per heavy atom. The largest absolute Gasteiger partial charge is 0.482 e. The minimum absolute atomic E-state index is 0.0774. The summed E-state index contributed by atoms with van der Waals surface area (Å²) < 4.78 is 36.0. The molecule has 0 fully saturated rings. The van der Waals surface area contributed by atoms with Gasteiger partial charge in [-0.3, -0.25) is 4.79 Å². The van der Waals surface area contributed by atoms with Crippen molar-refractivity contribution in [3.05, 3.63) is 58.6 Å². The van der Waals surface area contributed by atoms with Crippen molar-refractivity contribution in [3.8, 4) is 5.75 Å². The Kier molecular flexibility index (Phi) is 6.30. The first-order valence-corrected chi connectivity index (χ1v) is 7.52. The maximum Gasteiger partial charge on any atom is 0.344 e. The van der Waals surface area contributed by atoms with Crippen LogP contribution in [0.1, 0.15) is 5.56 Å². The third kappa shape index (κ3) is 6.04. The lowest BCUT2D eigenvalue weighted by molar-refractivity contribution is -0.149. The van der Waals surface area contributed by atoms with Crippen LogP contribution in [0, 0.1) is 18.6 Å². The third-order valence-electron chi connectivity index (χ3n) is 3.00. The van der Waals surface area contributed by atoms with Crippen LogP contribution >= 0.6 is 11.6 Å². The Balaban J connectivity index is 1.77. The topological polar surface area (TPSA) is 64.6 Å². The summed E-state index contributed by atoms with van der Waals surface area (Å²) in [5.41, 5.74) is 0.709. The zero-order valence-electron chi connectivity index (χ0n) is 13.1. The number of esters is 1. The van der Waals surface area contributed by atoms with E-state index in [1.54, 1.807) is 25.1 Å². The van der Waals surface area contributed by atoms with Gasteiger partial charge in [-0.2, -0.15) is 0 Å². The van der Waals surface area contributed by atoms with Gasteiger partial charge >= 0.3 is 5.97 Å². The molecule has 0 heterocycles. The molecule has 0 spiro atoms. The van der Waals surface area contributed by atoms with Gasteiger partial charge in [-0.05, 0) is 42.8 Å². The fraction of sp³-hybridized carbons (Fsp3) is 0.176. The highest BCUT2D eigenvalue weighted by Crippen LogP contribution is 2.21. The van der Waals surface area contributed by atoms with Gasteiger partial charge in [-0.25, -0.2) is 13.6 Å². The summed E-state index contributed by atoms with van der Waals surface area (Å²) >= 11 is 5.88. The zero-order chi connectivity index (χ0) is 18.4. The maximum atomic E-state index is 13.0. The number of rotatable bonds is 6. The molecular formula is C17H14ClF2NO4. The van der Waals surface area contributed by atoms with E-state index in [-0.39, 0.29) is 5.69 Å². The quantitative estimate of drug-likeness (QED) is 0.792. The molecule has 2 aromatic carbocycles. The molecule has 0 aromatic heterocycles. The average Bonchev–Trinajstić information content (AvgIpc) is 2.53. The number of carbonyl (C=O) groups excluding carboxylic acids is 2. The van der Waals surface area contributed by atoms with Crippen LogP contribution in [0.4, 0.5) is 14.5 Å². The molecule has 25 heavy (non-hydrogen) atoms. The molecule has 132 valence electrons. The Morgan fingerprint density at radius 2 is 1.76 bits per heavy atom. The fourth-order valence-corrected chi connectivity index (χ4v) is 1.98. The van der Waals surface area contributed by atoms with Crippen LogP contribution in [0.15, 0.2) is 36.4 Å². The van der Waals surface area contributed by atoms with Crippen molar-refractivity contribution in [2.75, 3.05) is 18.5 Å². The number of benzene rings is 2. The summed E-state index contributed by atoms with van der Waals surface area (Å²) in [4.78, 5) is 23.2. The number of hydrogen-bond acceptors (Lipinski definition) is 4. The lowest BCUT2D eigenvalue weighted by Gasteiger charge is -2.09. The van der Waals surface area contributed by atoms with Crippen molar-refractivity contribution in [1.29, 1.82) is 0 Å². The molecule has 0 atom stereocenters. The molecule has 0 saturated carbocycles. The summed E-state index contributed by atoms with van der Waals surface area (Å²) in [5.74, 6) is -2.75. The summed E-state index contributed by atoms with van der Waals surface area (Å²) in [6.07, 6.45) is 0.